The standard InChI is InChI=1S/C15H12FNO2/c16-14-8-11(13(9-18)15(17)19)6-7-12(14)10-4-2-1-3-5-10/h1-9,13H,(H2,17,19)/t13-/m0/s1. The minimum atomic E-state index is -1.11. The Bertz CT molecular complexity index is 611. The molecule has 0 saturated carbocycles. The number of carbonyl (C=O) groups excluding carboxylic acids is 2. The number of hydrogen-bond donors (Lipinski definition) is 1. The molecule has 0 aromatic heterocycles. The van der Waals surface area contributed by atoms with E-state index in [4.69, 9.17) is 5.73 Å². The lowest BCUT2D eigenvalue weighted by Crippen LogP contribution is -2.22. The summed E-state index contributed by atoms with van der Waals surface area (Å²) in [7, 11) is 0. The number of aldehydes is 1. The van der Waals surface area contributed by atoms with E-state index in [0.29, 0.717) is 11.8 Å². The maximum absolute atomic E-state index is 14.0. The highest BCUT2D eigenvalue weighted by molar-refractivity contribution is 5.96. The molecule has 0 saturated heterocycles. The molecule has 0 aliphatic heterocycles. The fourth-order valence-corrected chi connectivity index (χ4v) is 1.89. The van der Waals surface area contributed by atoms with Gasteiger partial charge in [-0.1, -0.05) is 42.5 Å². The third kappa shape index (κ3) is 2.68. The van der Waals surface area contributed by atoms with Gasteiger partial charge >= 0.3 is 0 Å². The van der Waals surface area contributed by atoms with Crippen molar-refractivity contribution < 1.29 is 14.0 Å². The summed E-state index contributed by atoms with van der Waals surface area (Å²) in [5.41, 5.74) is 6.49. The summed E-state index contributed by atoms with van der Waals surface area (Å²) >= 11 is 0. The van der Waals surface area contributed by atoms with E-state index in [1.54, 1.807) is 30.3 Å². The Labute approximate surface area is 109 Å². The summed E-state index contributed by atoms with van der Waals surface area (Å²) in [6, 6.07) is 13.3. The van der Waals surface area contributed by atoms with Crippen LogP contribution in [-0.2, 0) is 9.59 Å². The number of amides is 1. The lowest BCUT2D eigenvalue weighted by molar-refractivity contribution is -0.123. The Hall–Kier alpha value is -2.49. The van der Waals surface area contributed by atoms with Gasteiger partial charge in [-0.2, -0.15) is 0 Å². The van der Waals surface area contributed by atoms with Gasteiger partial charge in [0.1, 0.15) is 18.0 Å². The summed E-state index contributed by atoms with van der Waals surface area (Å²) in [6.45, 7) is 0. The average molecular weight is 257 g/mol. The van der Waals surface area contributed by atoms with Crippen molar-refractivity contribution in [2.75, 3.05) is 0 Å². The number of carbonyl (C=O) groups is 2. The Morgan fingerprint density at radius 3 is 2.37 bits per heavy atom. The van der Waals surface area contributed by atoms with Gasteiger partial charge in [-0.3, -0.25) is 4.79 Å². The van der Waals surface area contributed by atoms with E-state index in [1.807, 2.05) is 6.07 Å². The summed E-state index contributed by atoms with van der Waals surface area (Å²) in [5, 5.41) is 0. The molecule has 2 aromatic rings. The minimum absolute atomic E-state index is 0.264. The van der Waals surface area contributed by atoms with Crippen LogP contribution in [0.4, 0.5) is 4.39 Å². The van der Waals surface area contributed by atoms with Crippen LogP contribution < -0.4 is 5.73 Å². The van der Waals surface area contributed by atoms with Crippen molar-refractivity contribution in [2.45, 2.75) is 5.92 Å². The Balaban J connectivity index is 2.43. The molecule has 96 valence electrons. The van der Waals surface area contributed by atoms with Crippen molar-refractivity contribution in [3.05, 3.63) is 59.9 Å². The zero-order valence-corrected chi connectivity index (χ0v) is 10.0. The Kier molecular flexibility index (Phi) is 3.71. The SMILES string of the molecule is NC(=O)[C@@H](C=O)c1ccc(-c2ccccc2)c(F)c1. The van der Waals surface area contributed by atoms with E-state index in [1.165, 1.54) is 12.1 Å². The lowest BCUT2D eigenvalue weighted by atomic mass is 9.96. The molecular formula is C15H12FNO2. The van der Waals surface area contributed by atoms with E-state index >= 15 is 0 Å². The second-order valence-electron chi connectivity index (χ2n) is 4.12. The molecule has 1 atom stereocenters. The van der Waals surface area contributed by atoms with Gasteiger partial charge in [0.15, 0.2) is 0 Å². The number of hydrogen-bond acceptors (Lipinski definition) is 2. The summed E-state index contributed by atoms with van der Waals surface area (Å²) in [4.78, 5) is 21.9. The predicted molar refractivity (Wildman–Crippen MR) is 69.8 cm³/mol. The quantitative estimate of drug-likeness (QED) is 0.674. The van der Waals surface area contributed by atoms with Crippen LogP contribution >= 0.6 is 0 Å². The molecule has 0 heterocycles. The second kappa shape index (κ2) is 5.44. The molecular weight excluding hydrogens is 245 g/mol. The highest BCUT2D eigenvalue weighted by Crippen LogP contribution is 2.25. The first-order valence-electron chi connectivity index (χ1n) is 5.73. The number of rotatable bonds is 4. The van der Waals surface area contributed by atoms with Crippen molar-refractivity contribution in [3.63, 3.8) is 0 Å². The Morgan fingerprint density at radius 1 is 1.16 bits per heavy atom. The van der Waals surface area contributed by atoms with Crippen LogP contribution in [0.25, 0.3) is 11.1 Å². The monoisotopic (exact) mass is 257 g/mol. The van der Waals surface area contributed by atoms with Gasteiger partial charge in [0, 0.05) is 5.56 Å². The molecule has 0 unspecified atom stereocenters. The van der Waals surface area contributed by atoms with Crippen molar-refractivity contribution in [1.82, 2.24) is 0 Å². The molecule has 0 aliphatic rings. The van der Waals surface area contributed by atoms with Gasteiger partial charge < -0.3 is 10.5 Å². The van der Waals surface area contributed by atoms with Crippen molar-refractivity contribution in [2.24, 2.45) is 5.73 Å². The number of primary amides is 1. The average Bonchev–Trinajstić information content (AvgIpc) is 2.40. The molecule has 0 aliphatic carbocycles. The van der Waals surface area contributed by atoms with Gasteiger partial charge in [-0.05, 0) is 17.2 Å². The molecule has 4 heteroatoms. The summed E-state index contributed by atoms with van der Waals surface area (Å²) in [5.74, 6) is -2.39. The van der Waals surface area contributed by atoms with Crippen molar-refractivity contribution >= 4 is 12.2 Å². The van der Waals surface area contributed by atoms with E-state index in [2.05, 4.69) is 0 Å². The summed E-state index contributed by atoms with van der Waals surface area (Å²) < 4.78 is 14.0. The van der Waals surface area contributed by atoms with E-state index in [9.17, 15) is 14.0 Å². The third-order valence-electron chi connectivity index (χ3n) is 2.88. The first-order chi connectivity index (χ1) is 9.13. The molecule has 2 N–H and O–H groups in total. The van der Waals surface area contributed by atoms with E-state index in [0.717, 1.165) is 5.56 Å². The molecule has 0 fully saturated rings. The molecule has 0 bridgehead atoms. The molecule has 1 amide bonds. The molecule has 2 aromatic carbocycles. The van der Waals surface area contributed by atoms with Crippen LogP contribution in [0.5, 0.6) is 0 Å². The number of benzene rings is 2. The van der Waals surface area contributed by atoms with Gasteiger partial charge in [-0.25, -0.2) is 4.39 Å². The zero-order chi connectivity index (χ0) is 13.8. The fraction of sp³-hybridized carbons (Fsp3) is 0.0667. The zero-order valence-electron chi connectivity index (χ0n) is 10.0. The highest BCUT2D eigenvalue weighted by atomic mass is 19.1. The van der Waals surface area contributed by atoms with Crippen LogP contribution in [0.15, 0.2) is 48.5 Å². The molecule has 19 heavy (non-hydrogen) atoms. The van der Waals surface area contributed by atoms with Crippen molar-refractivity contribution in [3.8, 4) is 11.1 Å². The van der Waals surface area contributed by atoms with Gasteiger partial charge in [0.05, 0.1) is 0 Å². The Morgan fingerprint density at radius 2 is 1.84 bits per heavy atom. The topological polar surface area (TPSA) is 60.2 Å². The second-order valence-corrected chi connectivity index (χ2v) is 4.12. The van der Waals surface area contributed by atoms with Gasteiger partial charge in [-0.15, -0.1) is 0 Å². The van der Waals surface area contributed by atoms with Crippen molar-refractivity contribution in [1.29, 1.82) is 0 Å². The van der Waals surface area contributed by atoms with Crippen LogP contribution in [0.1, 0.15) is 11.5 Å². The van der Waals surface area contributed by atoms with Gasteiger partial charge in [0.25, 0.3) is 0 Å². The van der Waals surface area contributed by atoms with Crippen LogP contribution in [0.3, 0.4) is 0 Å². The maximum Gasteiger partial charge on any atom is 0.232 e. The van der Waals surface area contributed by atoms with E-state index in [-0.39, 0.29) is 5.56 Å². The fourth-order valence-electron chi connectivity index (χ4n) is 1.89. The normalized spacial score (nSPS) is 11.8. The molecule has 0 spiro atoms. The van der Waals surface area contributed by atoms with Gasteiger partial charge in [0.2, 0.25) is 5.91 Å². The highest BCUT2D eigenvalue weighted by Gasteiger charge is 2.18. The third-order valence-corrected chi connectivity index (χ3v) is 2.88. The lowest BCUT2D eigenvalue weighted by Gasteiger charge is -2.09. The first kappa shape index (κ1) is 13.0. The predicted octanol–water partition coefficient (Wildman–Crippen LogP) is 2.26. The number of halogens is 1. The van der Waals surface area contributed by atoms with Crippen LogP contribution in [0, 0.1) is 5.82 Å². The summed E-state index contributed by atoms with van der Waals surface area (Å²) in [6.07, 6.45) is 0.416. The largest absolute Gasteiger partial charge is 0.369 e. The van der Waals surface area contributed by atoms with Crippen LogP contribution in [-0.4, -0.2) is 12.2 Å². The molecule has 2 rings (SSSR count). The first-order valence-corrected chi connectivity index (χ1v) is 5.73. The maximum atomic E-state index is 14.0. The number of nitrogens with two attached hydrogens (primary N) is 1. The molecule has 3 nitrogen and oxygen atoms in total. The van der Waals surface area contributed by atoms with E-state index < -0.39 is 17.6 Å². The molecule has 0 radical (unpaired) electrons. The van der Waals surface area contributed by atoms with Crippen LogP contribution in [0.2, 0.25) is 0 Å². The smallest absolute Gasteiger partial charge is 0.232 e. The minimum Gasteiger partial charge on any atom is -0.369 e.